The molecule has 0 aliphatic carbocycles. The van der Waals surface area contributed by atoms with Crippen molar-refractivity contribution in [1.29, 1.82) is 0 Å². The zero-order valence-electron chi connectivity index (χ0n) is 10.5. The van der Waals surface area contributed by atoms with Crippen molar-refractivity contribution in [3.8, 4) is 0 Å². The summed E-state index contributed by atoms with van der Waals surface area (Å²) in [4.78, 5) is 15.7. The fraction of sp³-hybridized carbons (Fsp3) is 0.667. The van der Waals surface area contributed by atoms with E-state index in [0.29, 0.717) is 13.0 Å². The number of nitrogens with one attached hydrogen (secondary N) is 1. The first-order valence-electron chi connectivity index (χ1n) is 6.05. The Morgan fingerprint density at radius 2 is 2.35 bits per heavy atom. The average molecular weight is 239 g/mol. The van der Waals surface area contributed by atoms with E-state index in [1.807, 2.05) is 10.8 Å². The van der Waals surface area contributed by atoms with E-state index in [1.165, 1.54) is 0 Å². The molecule has 96 valence electrons. The van der Waals surface area contributed by atoms with Crippen LogP contribution >= 0.6 is 0 Å². The fourth-order valence-corrected chi connectivity index (χ4v) is 1.72. The maximum absolute atomic E-state index is 11.7. The summed E-state index contributed by atoms with van der Waals surface area (Å²) in [5.74, 6) is -0.0296. The van der Waals surface area contributed by atoms with Gasteiger partial charge in [-0.2, -0.15) is 0 Å². The van der Waals surface area contributed by atoms with Gasteiger partial charge in [0.15, 0.2) is 0 Å². The average Bonchev–Trinajstić information content (AvgIpc) is 2.79. The molecule has 0 spiro atoms. The largest absolute Gasteiger partial charge is 0.392 e. The fourth-order valence-electron chi connectivity index (χ4n) is 1.72. The maximum atomic E-state index is 11.7. The van der Waals surface area contributed by atoms with Crippen LogP contribution in [0.15, 0.2) is 18.7 Å². The van der Waals surface area contributed by atoms with Crippen LogP contribution in [0.2, 0.25) is 0 Å². The lowest BCUT2D eigenvalue weighted by atomic mass is 10.1. The van der Waals surface area contributed by atoms with E-state index in [4.69, 9.17) is 5.11 Å². The van der Waals surface area contributed by atoms with Crippen LogP contribution in [-0.4, -0.2) is 33.2 Å². The van der Waals surface area contributed by atoms with Crippen LogP contribution in [0, 0.1) is 0 Å². The van der Waals surface area contributed by atoms with Gasteiger partial charge in [0.05, 0.1) is 12.4 Å². The molecule has 0 aliphatic heterocycles. The summed E-state index contributed by atoms with van der Waals surface area (Å²) >= 11 is 0. The number of carbonyl (C=O) groups excluding carboxylic acids is 1. The molecule has 0 aliphatic rings. The molecule has 0 radical (unpaired) electrons. The van der Waals surface area contributed by atoms with Crippen LogP contribution in [0.3, 0.4) is 0 Å². The monoisotopic (exact) mass is 239 g/mol. The number of rotatable bonds is 7. The zero-order chi connectivity index (χ0) is 12.7. The molecule has 1 amide bonds. The SMILES string of the molecule is CCCC(CC(=O)NC[C@H](C)O)n1ccnc1. The Morgan fingerprint density at radius 1 is 1.59 bits per heavy atom. The van der Waals surface area contributed by atoms with Gasteiger partial charge in [-0.05, 0) is 13.3 Å². The quantitative estimate of drug-likeness (QED) is 0.749. The summed E-state index contributed by atoms with van der Waals surface area (Å²) in [7, 11) is 0. The topological polar surface area (TPSA) is 67.2 Å². The van der Waals surface area contributed by atoms with Gasteiger partial charge >= 0.3 is 0 Å². The molecule has 0 fully saturated rings. The number of nitrogens with zero attached hydrogens (tertiary/aromatic N) is 2. The van der Waals surface area contributed by atoms with Crippen LogP contribution in [0.25, 0.3) is 0 Å². The van der Waals surface area contributed by atoms with Crippen molar-refractivity contribution >= 4 is 5.91 Å². The van der Waals surface area contributed by atoms with Gasteiger partial charge in [0.1, 0.15) is 0 Å². The van der Waals surface area contributed by atoms with Crippen LogP contribution in [0.4, 0.5) is 0 Å². The molecule has 0 saturated heterocycles. The molecule has 1 aromatic heterocycles. The molecule has 5 nitrogen and oxygen atoms in total. The molecule has 0 aromatic carbocycles. The van der Waals surface area contributed by atoms with Crippen molar-refractivity contribution in [2.45, 2.75) is 45.3 Å². The van der Waals surface area contributed by atoms with Crippen LogP contribution in [0.5, 0.6) is 0 Å². The van der Waals surface area contributed by atoms with Gasteiger partial charge in [-0.15, -0.1) is 0 Å². The van der Waals surface area contributed by atoms with Gasteiger partial charge in [-0.1, -0.05) is 13.3 Å². The number of hydrogen-bond donors (Lipinski definition) is 2. The Balaban J connectivity index is 2.47. The lowest BCUT2D eigenvalue weighted by Gasteiger charge is -2.17. The Bertz CT molecular complexity index is 323. The molecule has 1 unspecified atom stereocenters. The second kappa shape index (κ2) is 7.06. The summed E-state index contributed by atoms with van der Waals surface area (Å²) in [6.45, 7) is 4.05. The zero-order valence-corrected chi connectivity index (χ0v) is 10.5. The van der Waals surface area contributed by atoms with Crippen molar-refractivity contribution in [3.05, 3.63) is 18.7 Å². The van der Waals surface area contributed by atoms with Crippen molar-refractivity contribution in [2.24, 2.45) is 0 Å². The van der Waals surface area contributed by atoms with E-state index in [1.54, 1.807) is 19.4 Å². The normalized spacial score (nSPS) is 14.3. The van der Waals surface area contributed by atoms with Crippen LogP contribution < -0.4 is 5.32 Å². The second-order valence-electron chi connectivity index (χ2n) is 4.31. The van der Waals surface area contributed by atoms with E-state index < -0.39 is 6.10 Å². The number of hydrogen-bond acceptors (Lipinski definition) is 3. The summed E-state index contributed by atoms with van der Waals surface area (Å²) in [5.41, 5.74) is 0. The molecule has 1 aromatic rings. The van der Waals surface area contributed by atoms with E-state index >= 15 is 0 Å². The molecule has 5 heteroatoms. The van der Waals surface area contributed by atoms with Crippen molar-refractivity contribution in [2.75, 3.05) is 6.54 Å². The first-order valence-corrected chi connectivity index (χ1v) is 6.05. The number of carbonyl (C=O) groups is 1. The van der Waals surface area contributed by atoms with Gasteiger partial charge < -0.3 is 15.0 Å². The Morgan fingerprint density at radius 3 is 2.88 bits per heavy atom. The highest BCUT2D eigenvalue weighted by Gasteiger charge is 2.14. The van der Waals surface area contributed by atoms with E-state index in [2.05, 4.69) is 17.2 Å². The lowest BCUT2D eigenvalue weighted by Crippen LogP contribution is -2.32. The van der Waals surface area contributed by atoms with E-state index in [-0.39, 0.29) is 11.9 Å². The molecule has 2 atom stereocenters. The predicted molar refractivity (Wildman–Crippen MR) is 65.5 cm³/mol. The Hall–Kier alpha value is -1.36. The first-order chi connectivity index (χ1) is 8.13. The van der Waals surface area contributed by atoms with Crippen molar-refractivity contribution < 1.29 is 9.90 Å². The van der Waals surface area contributed by atoms with Crippen molar-refractivity contribution in [1.82, 2.24) is 14.9 Å². The molecular formula is C12H21N3O2. The van der Waals surface area contributed by atoms with Crippen molar-refractivity contribution in [3.63, 3.8) is 0 Å². The number of amides is 1. The Labute approximate surface area is 102 Å². The highest BCUT2D eigenvalue weighted by Crippen LogP contribution is 2.17. The molecule has 0 saturated carbocycles. The predicted octanol–water partition coefficient (Wildman–Crippen LogP) is 1.11. The minimum absolute atomic E-state index is 0.0296. The minimum atomic E-state index is -0.503. The van der Waals surface area contributed by atoms with Gasteiger partial charge in [0.2, 0.25) is 5.91 Å². The molecule has 1 heterocycles. The highest BCUT2D eigenvalue weighted by atomic mass is 16.3. The van der Waals surface area contributed by atoms with E-state index in [0.717, 1.165) is 12.8 Å². The molecule has 17 heavy (non-hydrogen) atoms. The van der Waals surface area contributed by atoms with Gasteiger partial charge in [-0.3, -0.25) is 4.79 Å². The van der Waals surface area contributed by atoms with Gasteiger partial charge in [0.25, 0.3) is 0 Å². The third-order valence-electron chi connectivity index (χ3n) is 2.58. The highest BCUT2D eigenvalue weighted by molar-refractivity contribution is 5.76. The third kappa shape index (κ3) is 4.99. The number of aliphatic hydroxyl groups excluding tert-OH is 1. The molecular weight excluding hydrogens is 218 g/mol. The van der Waals surface area contributed by atoms with E-state index in [9.17, 15) is 4.79 Å². The van der Waals surface area contributed by atoms with Gasteiger partial charge in [0, 0.05) is 31.4 Å². The molecule has 1 rings (SSSR count). The van der Waals surface area contributed by atoms with Gasteiger partial charge in [-0.25, -0.2) is 4.98 Å². The standard InChI is InChI=1S/C12H21N3O2/c1-3-4-11(15-6-5-13-9-15)7-12(17)14-8-10(2)16/h5-6,9-11,16H,3-4,7-8H2,1-2H3,(H,14,17)/t10-,11?/m0/s1. The summed E-state index contributed by atoms with van der Waals surface area (Å²) in [6, 6.07) is 0.150. The third-order valence-corrected chi connectivity index (χ3v) is 2.58. The first kappa shape index (κ1) is 13.7. The number of imidazole rings is 1. The minimum Gasteiger partial charge on any atom is -0.392 e. The lowest BCUT2D eigenvalue weighted by molar-refractivity contribution is -0.122. The van der Waals surface area contributed by atoms with Crippen LogP contribution in [-0.2, 0) is 4.79 Å². The summed E-state index contributed by atoms with van der Waals surface area (Å²) in [6.07, 6.45) is 7.22. The number of aliphatic hydroxyl groups is 1. The summed E-state index contributed by atoms with van der Waals surface area (Å²) < 4.78 is 1.96. The number of aromatic nitrogens is 2. The molecule has 2 N–H and O–H groups in total. The summed E-state index contributed by atoms with van der Waals surface area (Å²) in [5, 5.41) is 11.8. The second-order valence-corrected chi connectivity index (χ2v) is 4.31. The molecule has 0 bridgehead atoms. The van der Waals surface area contributed by atoms with Crippen LogP contribution in [0.1, 0.15) is 39.2 Å². The smallest absolute Gasteiger partial charge is 0.222 e. The Kier molecular flexibility index (Phi) is 5.69. The maximum Gasteiger partial charge on any atom is 0.222 e.